The Morgan fingerprint density at radius 1 is 0.477 bits per heavy atom. The summed E-state index contributed by atoms with van der Waals surface area (Å²) in [4.78, 5) is 54.7. The number of carbonyl (C=O) groups is 4. The van der Waals surface area contributed by atoms with E-state index in [9.17, 15) is 19.2 Å². The minimum Gasteiger partial charge on any atom is -0.288 e. The molecule has 5 aromatic carbocycles. The largest absolute Gasteiger partial charge is 0.288 e. The first-order valence-electron chi connectivity index (χ1n) is 15.7. The molecule has 0 aromatic heterocycles. The van der Waals surface area contributed by atoms with Gasteiger partial charge in [0.15, 0.2) is 0 Å². The minimum atomic E-state index is -0.385. The summed E-state index contributed by atoms with van der Waals surface area (Å²) < 4.78 is 0. The van der Waals surface area contributed by atoms with Crippen LogP contribution in [0, 0.1) is 0 Å². The number of thioether (sulfide) groups is 2. The van der Waals surface area contributed by atoms with Crippen LogP contribution >= 0.6 is 23.5 Å². The van der Waals surface area contributed by atoms with Crippen molar-refractivity contribution in [3.63, 3.8) is 0 Å². The Labute approximate surface area is 264 Å². The van der Waals surface area contributed by atoms with E-state index in [4.69, 9.17) is 0 Å². The summed E-state index contributed by atoms with van der Waals surface area (Å²) in [5.74, 6) is 0.293. The molecule has 4 amide bonds. The first kappa shape index (κ1) is 29.1. The third-order valence-electron chi connectivity index (χ3n) is 8.98. The van der Waals surface area contributed by atoms with Crippen molar-refractivity contribution in [2.75, 3.05) is 11.5 Å². The molecule has 6 nitrogen and oxygen atoms in total. The zero-order valence-electron chi connectivity index (χ0n) is 25.0. The molecule has 2 aliphatic rings. The van der Waals surface area contributed by atoms with Gasteiger partial charge in [-0.25, -0.2) is 0 Å². The molecule has 0 spiro atoms. The van der Waals surface area contributed by atoms with Crippen LogP contribution in [0.3, 0.4) is 0 Å². The molecule has 0 saturated carbocycles. The van der Waals surface area contributed by atoms with Crippen molar-refractivity contribution in [2.24, 2.45) is 0 Å². The quantitative estimate of drug-likeness (QED) is 0.0475. The van der Waals surface area contributed by atoms with E-state index in [1.807, 2.05) is 36.4 Å². The van der Waals surface area contributed by atoms with E-state index >= 15 is 0 Å². The Morgan fingerprint density at radius 2 is 0.886 bits per heavy atom. The minimum absolute atomic E-state index is 0.372. The van der Waals surface area contributed by atoms with E-state index in [0.29, 0.717) is 33.0 Å². The molecule has 8 heteroatoms. The summed E-state index contributed by atoms with van der Waals surface area (Å²) in [7, 11) is 0. The molecule has 2 aliphatic heterocycles. The van der Waals surface area contributed by atoms with Crippen molar-refractivity contribution in [1.82, 2.24) is 10.6 Å². The van der Waals surface area contributed by atoms with Crippen LogP contribution in [-0.2, 0) is 0 Å². The van der Waals surface area contributed by atoms with E-state index in [1.165, 1.54) is 12.8 Å². The number of imide groups is 2. The van der Waals surface area contributed by atoms with Crippen LogP contribution in [0.25, 0.3) is 43.1 Å². The van der Waals surface area contributed by atoms with Crippen molar-refractivity contribution >= 4 is 90.2 Å². The highest BCUT2D eigenvalue weighted by atomic mass is 32.2. The van der Waals surface area contributed by atoms with Gasteiger partial charge in [-0.05, 0) is 59.4 Å². The van der Waals surface area contributed by atoms with Crippen LogP contribution in [-0.4, -0.2) is 35.1 Å². The van der Waals surface area contributed by atoms with Crippen molar-refractivity contribution < 1.29 is 19.2 Å². The molecule has 0 saturated heterocycles. The summed E-state index contributed by atoms with van der Waals surface area (Å²) in [6.45, 7) is 4.39. The first-order chi connectivity index (χ1) is 21.4. The second-order valence-electron chi connectivity index (χ2n) is 11.8. The van der Waals surface area contributed by atoms with Gasteiger partial charge in [0.25, 0.3) is 23.6 Å². The predicted octanol–water partition coefficient (Wildman–Crippen LogP) is 8.85. The SMILES string of the molecule is CCCCCCSc1cc2c3c(ccc4c5c(SCCCCCC)cc6c7c(ccc(c1c34)c75)C(=O)NC6=O)C(=O)NC2=O. The number of rotatable bonds is 12. The maximum absolute atomic E-state index is 13.3. The Kier molecular flexibility index (Phi) is 7.75. The fourth-order valence-corrected chi connectivity index (χ4v) is 9.15. The molecule has 0 aliphatic carbocycles. The second kappa shape index (κ2) is 11.7. The molecule has 0 atom stereocenters. The molecule has 224 valence electrons. The van der Waals surface area contributed by atoms with E-state index in [-0.39, 0.29) is 23.6 Å². The molecular weight excluding hydrogens is 589 g/mol. The summed E-state index contributed by atoms with van der Waals surface area (Å²) >= 11 is 3.48. The zero-order chi connectivity index (χ0) is 30.5. The van der Waals surface area contributed by atoms with Crippen LogP contribution in [0.1, 0.15) is 107 Å². The van der Waals surface area contributed by atoms with Gasteiger partial charge >= 0.3 is 0 Å². The van der Waals surface area contributed by atoms with E-state index in [1.54, 1.807) is 23.5 Å². The van der Waals surface area contributed by atoms with E-state index in [2.05, 4.69) is 24.5 Å². The fourth-order valence-electron chi connectivity index (χ4n) is 6.89. The van der Waals surface area contributed by atoms with Gasteiger partial charge in [0.2, 0.25) is 0 Å². The lowest BCUT2D eigenvalue weighted by Crippen LogP contribution is -2.35. The fraction of sp³-hybridized carbons (Fsp3) is 0.333. The first-order valence-corrected chi connectivity index (χ1v) is 17.7. The Bertz CT molecular complexity index is 1890. The number of hydrogen-bond donors (Lipinski definition) is 2. The van der Waals surface area contributed by atoms with Gasteiger partial charge in [0.05, 0.1) is 0 Å². The highest BCUT2D eigenvalue weighted by Crippen LogP contribution is 2.50. The standard InChI is InChI=1S/C36H34N2O4S2/c1-3-5-7-9-15-43-25-17-23-27-21(33(39)37-35(23)41)14-12-20-30-26(44-16-10-8-6-4-2)18-24-28-22(34(40)38-36(24)42)13-11-19(32(28)30)29(25)31(20)27/h11-14,17-18H,3-10,15-16H2,1-2H3,(H,37,39,41)(H,38,40,42). The van der Waals surface area contributed by atoms with Crippen LogP contribution in [0.4, 0.5) is 0 Å². The van der Waals surface area contributed by atoms with Gasteiger partial charge in [-0.15, -0.1) is 23.5 Å². The number of amides is 4. The van der Waals surface area contributed by atoms with Crippen LogP contribution in [0.15, 0.2) is 46.2 Å². The van der Waals surface area contributed by atoms with Crippen molar-refractivity contribution in [1.29, 1.82) is 0 Å². The smallest absolute Gasteiger partial charge is 0.258 e. The van der Waals surface area contributed by atoms with Gasteiger partial charge in [-0.2, -0.15) is 0 Å². The van der Waals surface area contributed by atoms with Gasteiger partial charge in [-0.1, -0.05) is 64.5 Å². The molecule has 0 fully saturated rings. The van der Waals surface area contributed by atoms with Crippen molar-refractivity contribution in [3.05, 3.63) is 58.7 Å². The Morgan fingerprint density at radius 3 is 1.30 bits per heavy atom. The predicted molar refractivity (Wildman–Crippen MR) is 181 cm³/mol. The number of nitrogens with one attached hydrogen (secondary N) is 2. The summed E-state index contributed by atoms with van der Waals surface area (Å²) in [5.41, 5.74) is 2.04. The molecular formula is C36H34N2O4S2. The third-order valence-corrected chi connectivity index (χ3v) is 11.2. The average molecular weight is 623 g/mol. The van der Waals surface area contributed by atoms with Gasteiger partial charge < -0.3 is 0 Å². The number of unbranched alkanes of at least 4 members (excludes halogenated alkanes) is 6. The molecule has 2 heterocycles. The van der Waals surface area contributed by atoms with Crippen LogP contribution in [0.5, 0.6) is 0 Å². The lowest BCUT2D eigenvalue weighted by molar-refractivity contribution is 0.0828. The number of carbonyl (C=O) groups excluding carboxylic acids is 4. The van der Waals surface area contributed by atoms with Gasteiger partial charge in [0, 0.05) is 64.4 Å². The molecule has 0 unspecified atom stereocenters. The lowest BCUT2D eigenvalue weighted by atomic mass is 9.82. The third kappa shape index (κ3) is 4.57. The normalized spacial score (nSPS) is 14.4. The van der Waals surface area contributed by atoms with Gasteiger partial charge in [-0.3, -0.25) is 29.8 Å². The van der Waals surface area contributed by atoms with Crippen LogP contribution in [0.2, 0.25) is 0 Å². The molecule has 0 bridgehead atoms. The summed E-state index contributed by atoms with van der Waals surface area (Å²) in [6, 6.07) is 11.5. The highest BCUT2D eigenvalue weighted by Gasteiger charge is 2.33. The number of benzene rings is 5. The topological polar surface area (TPSA) is 92.3 Å². The summed E-state index contributed by atoms with van der Waals surface area (Å²) in [6.07, 6.45) is 9.09. The molecule has 44 heavy (non-hydrogen) atoms. The monoisotopic (exact) mass is 622 g/mol. The van der Waals surface area contributed by atoms with Gasteiger partial charge in [0.1, 0.15) is 0 Å². The number of fused-ring (bicyclic) bond motifs is 2. The zero-order valence-corrected chi connectivity index (χ0v) is 26.6. The molecule has 2 N–H and O–H groups in total. The maximum atomic E-state index is 13.3. The lowest BCUT2D eigenvalue weighted by Gasteiger charge is -2.26. The van der Waals surface area contributed by atoms with E-state index in [0.717, 1.165) is 92.1 Å². The maximum Gasteiger partial charge on any atom is 0.258 e. The second-order valence-corrected chi connectivity index (χ2v) is 14.1. The Hall–Kier alpha value is -3.62. The van der Waals surface area contributed by atoms with E-state index < -0.39 is 0 Å². The van der Waals surface area contributed by atoms with Crippen LogP contribution < -0.4 is 10.6 Å². The van der Waals surface area contributed by atoms with Crippen molar-refractivity contribution in [3.8, 4) is 0 Å². The molecule has 0 radical (unpaired) electrons. The average Bonchev–Trinajstić information content (AvgIpc) is 3.01. The molecule has 7 rings (SSSR count). The van der Waals surface area contributed by atoms with Crippen molar-refractivity contribution in [2.45, 2.75) is 75.0 Å². The Balaban J connectivity index is 1.58. The molecule has 5 aromatic rings. The highest BCUT2D eigenvalue weighted by molar-refractivity contribution is 7.99. The number of hydrogen-bond acceptors (Lipinski definition) is 6. The summed E-state index contributed by atoms with van der Waals surface area (Å²) in [5, 5.41) is 12.1.